The van der Waals surface area contributed by atoms with E-state index in [2.05, 4.69) is 4.98 Å². The summed E-state index contributed by atoms with van der Waals surface area (Å²) in [6.45, 7) is 2.31. The summed E-state index contributed by atoms with van der Waals surface area (Å²) in [6, 6.07) is 10.5. The van der Waals surface area contributed by atoms with E-state index in [1.54, 1.807) is 21.2 Å². The molecule has 0 saturated heterocycles. The third-order valence-corrected chi connectivity index (χ3v) is 4.07. The molecule has 1 N–H and O–H groups in total. The number of fused-ring (bicyclic) bond motifs is 5. The molecule has 0 bridgehead atoms. The number of hydrogen-bond donors (Lipinski definition) is 1. The molecule has 0 radical (unpaired) electrons. The molecular formula is C17H13N3O3. The standard InChI is InChI=1S/C17H13N3O3/c1-2-19-11-7-4-3-6-10(11)14-13(17(19)23)16(22)18-15-12(21)8-5-9-20(14)15/h3-9,21H,2H2,1H3. The number of hydrogen-bond acceptors (Lipinski definition) is 4. The molecule has 0 saturated carbocycles. The Labute approximate surface area is 129 Å². The van der Waals surface area contributed by atoms with Gasteiger partial charge in [-0.05, 0) is 25.1 Å². The van der Waals surface area contributed by atoms with E-state index >= 15 is 0 Å². The van der Waals surface area contributed by atoms with Crippen LogP contribution in [0.15, 0.2) is 52.2 Å². The van der Waals surface area contributed by atoms with E-state index in [0.717, 1.165) is 10.9 Å². The Morgan fingerprint density at radius 1 is 1.13 bits per heavy atom. The summed E-state index contributed by atoms with van der Waals surface area (Å²) >= 11 is 0. The molecule has 0 unspecified atom stereocenters. The van der Waals surface area contributed by atoms with Gasteiger partial charge in [0.2, 0.25) is 0 Å². The van der Waals surface area contributed by atoms with Crippen LogP contribution >= 0.6 is 0 Å². The Hall–Kier alpha value is -3.15. The van der Waals surface area contributed by atoms with Crippen LogP contribution in [0.25, 0.3) is 27.5 Å². The number of nitrogens with zero attached hydrogens (tertiary/aromatic N) is 3. The third-order valence-electron chi connectivity index (χ3n) is 4.07. The molecular weight excluding hydrogens is 294 g/mol. The van der Waals surface area contributed by atoms with Crippen molar-refractivity contribution in [1.29, 1.82) is 0 Å². The predicted octanol–water partition coefficient (Wildman–Crippen LogP) is 1.89. The van der Waals surface area contributed by atoms with E-state index in [9.17, 15) is 14.7 Å². The lowest BCUT2D eigenvalue weighted by Gasteiger charge is -2.13. The highest BCUT2D eigenvalue weighted by Crippen LogP contribution is 2.24. The zero-order chi connectivity index (χ0) is 16.1. The van der Waals surface area contributed by atoms with Gasteiger partial charge in [-0.1, -0.05) is 18.2 Å². The fourth-order valence-electron chi connectivity index (χ4n) is 3.08. The summed E-state index contributed by atoms with van der Waals surface area (Å²) in [4.78, 5) is 29.1. The molecule has 0 spiro atoms. The molecule has 0 aliphatic carbocycles. The van der Waals surface area contributed by atoms with Crippen molar-refractivity contribution in [3.8, 4) is 5.75 Å². The van der Waals surface area contributed by atoms with Gasteiger partial charge in [0.05, 0.1) is 11.0 Å². The van der Waals surface area contributed by atoms with Crippen LogP contribution in [0, 0.1) is 0 Å². The molecule has 23 heavy (non-hydrogen) atoms. The van der Waals surface area contributed by atoms with Crippen LogP contribution in [0.3, 0.4) is 0 Å². The molecule has 1 aromatic carbocycles. The average molecular weight is 307 g/mol. The fraction of sp³-hybridized carbons (Fsp3) is 0.118. The molecule has 3 heterocycles. The number of aromatic nitrogens is 3. The van der Waals surface area contributed by atoms with Crippen molar-refractivity contribution in [2.75, 3.05) is 0 Å². The summed E-state index contributed by atoms with van der Waals surface area (Å²) in [5.74, 6) is -0.102. The van der Waals surface area contributed by atoms with Crippen LogP contribution in [0.1, 0.15) is 6.92 Å². The minimum Gasteiger partial charge on any atom is -0.504 e. The lowest BCUT2D eigenvalue weighted by molar-refractivity contribution is 0.477. The first-order valence-electron chi connectivity index (χ1n) is 7.29. The van der Waals surface area contributed by atoms with E-state index in [1.807, 2.05) is 31.2 Å². The quantitative estimate of drug-likeness (QED) is 0.545. The van der Waals surface area contributed by atoms with Gasteiger partial charge in [0.1, 0.15) is 5.39 Å². The lowest BCUT2D eigenvalue weighted by atomic mass is 10.1. The van der Waals surface area contributed by atoms with Gasteiger partial charge < -0.3 is 9.67 Å². The molecule has 6 heteroatoms. The van der Waals surface area contributed by atoms with Crippen LogP contribution in [0.4, 0.5) is 0 Å². The number of aromatic hydroxyl groups is 1. The molecule has 0 fully saturated rings. The summed E-state index contributed by atoms with van der Waals surface area (Å²) in [7, 11) is 0. The number of aryl methyl sites for hydroxylation is 1. The zero-order valence-electron chi connectivity index (χ0n) is 12.4. The second-order valence-electron chi connectivity index (χ2n) is 5.29. The third kappa shape index (κ3) is 1.72. The first-order valence-corrected chi connectivity index (χ1v) is 7.29. The Morgan fingerprint density at radius 2 is 1.91 bits per heavy atom. The van der Waals surface area contributed by atoms with Crippen LogP contribution < -0.4 is 11.1 Å². The van der Waals surface area contributed by atoms with Crippen LogP contribution in [0.2, 0.25) is 0 Å². The van der Waals surface area contributed by atoms with Crippen molar-refractivity contribution < 1.29 is 5.11 Å². The predicted molar refractivity (Wildman–Crippen MR) is 88.1 cm³/mol. The minimum atomic E-state index is -0.626. The van der Waals surface area contributed by atoms with E-state index < -0.39 is 5.56 Å². The topological polar surface area (TPSA) is 76.6 Å². The largest absolute Gasteiger partial charge is 0.504 e. The van der Waals surface area contributed by atoms with Crippen molar-refractivity contribution in [3.05, 3.63) is 63.3 Å². The highest BCUT2D eigenvalue weighted by molar-refractivity contribution is 6.04. The first-order chi connectivity index (χ1) is 11.1. The first kappa shape index (κ1) is 13.5. The van der Waals surface area contributed by atoms with Crippen molar-refractivity contribution in [1.82, 2.24) is 14.0 Å². The second-order valence-corrected chi connectivity index (χ2v) is 5.29. The highest BCUT2D eigenvalue weighted by atomic mass is 16.3. The number of pyridine rings is 2. The summed E-state index contributed by atoms with van der Waals surface area (Å²) in [5.41, 5.74) is 0.371. The monoisotopic (exact) mass is 307 g/mol. The SMILES string of the molecule is CCn1c(=O)c2c(=O)nc3c(O)cccn3c2c2ccccc21. The average Bonchev–Trinajstić information content (AvgIpc) is 2.56. The molecule has 0 aliphatic heterocycles. The summed E-state index contributed by atoms with van der Waals surface area (Å²) in [6.07, 6.45) is 1.69. The summed E-state index contributed by atoms with van der Waals surface area (Å²) < 4.78 is 3.16. The fourth-order valence-corrected chi connectivity index (χ4v) is 3.08. The van der Waals surface area contributed by atoms with Crippen molar-refractivity contribution in [3.63, 3.8) is 0 Å². The highest BCUT2D eigenvalue weighted by Gasteiger charge is 2.17. The maximum atomic E-state index is 12.8. The smallest absolute Gasteiger partial charge is 0.286 e. The van der Waals surface area contributed by atoms with Gasteiger partial charge in [-0.2, -0.15) is 4.98 Å². The van der Waals surface area contributed by atoms with Crippen molar-refractivity contribution in [2.24, 2.45) is 0 Å². The second kappa shape index (κ2) is 4.67. The van der Waals surface area contributed by atoms with Crippen LogP contribution in [-0.4, -0.2) is 19.1 Å². The Kier molecular flexibility index (Phi) is 2.74. The maximum Gasteiger partial charge on any atom is 0.286 e. The van der Waals surface area contributed by atoms with Gasteiger partial charge in [0.15, 0.2) is 11.4 Å². The molecule has 0 aliphatic rings. The molecule has 4 aromatic rings. The lowest BCUT2D eigenvalue weighted by Crippen LogP contribution is -2.27. The zero-order valence-corrected chi connectivity index (χ0v) is 12.4. The van der Waals surface area contributed by atoms with Gasteiger partial charge in [0, 0.05) is 18.1 Å². The van der Waals surface area contributed by atoms with E-state index in [1.165, 1.54) is 6.07 Å². The molecule has 6 nitrogen and oxygen atoms in total. The molecule has 3 aromatic heterocycles. The molecule has 114 valence electrons. The molecule has 0 amide bonds. The maximum absolute atomic E-state index is 12.8. The number of benzene rings is 1. The van der Waals surface area contributed by atoms with E-state index in [0.29, 0.717) is 12.1 Å². The van der Waals surface area contributed by atoms with Gasteiger partial charge in [0.25, 0.3) is 11.1 Å². The Morgan fingerprint density at radius 3 is 2.70 bits per heavy atom. The van der Waals surface area contributed by atoms with Crippen LogP contribution in [-0.2, 0) is 6.54 Å². The van der Waals surface area contributed by atoms with Crippen LogP contribution in [0.5, 0.6) is 5.75 Å². The normalized spacial score (nSPS) is 11.5. The van der Waals surface area contributed by atoms with Gasteiger partial charge in [-0.15, -0.1) is 0 Å². The Balaban J connectivity index is 2.49. The molecule has 4 rings (SSSR count). The van der Waals surface area contributed by atoms with E-state index in [4.69, 9.17) is 0 Å². The van der Waals surface area contributed by atoms with Gasteiger partial charge >= 0.3 is 0 Å². The Bertz CT molecular complexity index is 1210. The van der Waals surface area contributed by atoms with Crippen molar-refractivity contribution >= 4 is 27.5 Å². The number of para-hydroxylation sites is 1. The van der Waals surface area contributed by atoms with Gasteiger partial charge in [-0.3, -0.25) is 14.0 Å². The van der Waals surface area contributed by atoms with Gasteiger partial charge in [-0.25, -0.2) is 0 Å². The van der Waals surface area contributed by atoms with Crippen molar-refractivity contribution in [2.45, 2.75) is 13.5 Å². The molecule has 0 atom stereocenters. The minimum absolute atomic E-state index is 0.0358. The van der Waals surface area contributed by atoms with E-state index in [-0.39, 0.29) is 22.3 Å². The summed E-state index contributed by atoms with van der Waals surface area (Å²) in [5, 5.41) is 10.8. The number of rotatable bonds is 1.